The van der Waals surface area contributed by atoms with Gasteiger partial charge in [-0.25, -0.2) is 9.97 Å². The van der Waals surface area contributed by atoms with E-state index < -0.39 is 0 Å². The Kier molecular flexibility index (Phi) is 8.13. The van der Waals surface area contributed by atoms with Crippen LogP contribution in [0.5, 0.6) is 0 Å². The van der Waals surface area contributed by atoms with Crippen LogP contribution >= 0.6 is 15.9 Å². The smallest absolute Gasteiger partial charge is 0.140 e. The largest absolute Gasteiger partial charge is 0.399 e. The maximum absolute atomic E-state index is 6.06. The van der Waals surface area contributed by atoms with Crippen molar-refractivity contribution < 1.29 is 0 Å². The molecule has 2 aliphatic rings. The van der Waals surface area contributed by atoms with E-state index in [1.807, 2.05) is 45.9 Å². The Bertz CT molecular complexity index is 994. The molecule has 1 aliphatic carbocycles. The first kappa shape index (κ1) is 23.3. The zero-order valence-corrected chi connectivity index (χ0v) is 20.7. The summed E-state index contributed by atoms with van der Waals surface area (Å²) in [6, 6.07) is 14.4. The van der Waals surface area contributed by atoms with Crippen molar-refractivity contribution in [1.82, 2.24) is 9.97 Å². The number of nitrogen functional groups attached to an aromatic ring is 1. The predicted octanol–water partition coefficient (Wildman–Crippen LogP) is 6.23. The van der Waals surface area contributed by atoms with Gasteiger partial charge in [0.15, 0.2) is 0 Å². The lowest BCUT2D eigenvalue weighted by molar-refractivity contribution is 0.646. The van der Waals surface area contributed by atoms with Gasteiger partial charge in [0, 0.05) is 47.6 Å². The number of rotatable bonds is 3. The number of hydrogen-bond acceptors (Lipinski definition) is 5. The molecule has 1 saturated carbocycles. The zero-order chi connectivity index (χ0) is 22.4. The fourth-order valence-corrected chi connectivity index (χ4v) is 4.32. The number of aromatic nitrogens is 2. The molecule has 0 radical (unpaired) electrons. The zero-order valence-electron chi connectivity index (χ0n) is 19.1. The van der Waals surface area contributed by atoms with Gasteiger partial charge in [-0.3, -0.25) is 0 Å². The molecule has 1 saturated heterocycles. The molecule has 0 atom stereocenters. The van der Waals surface area contributed by atoms with Crippen LogP contribution < -0.4 is 15.5 Å². The molecule has 0 bridgehead atoms. The Morgan fingerprint density at radius 2 is 1.52 bits per heavy atom. The van der Waals surface area contributed by atoms with Crippen molar-refractivity contribution >= 4 is 44.0 Å². The van der Waals surface area contributed by atoms with Crippen LogP contribution in [-0.4, -0.2) is 36.1 Å². The average molecular weight is 484 g/mol. The molecule has 0 spiro atoms. The Labute approximate surface area is 194 Å². The van der Waals surface area contributed by atoms with Gasteiger partial charge in [-0.05, 0) is 59.1 Å². The fourth-order valence-electron chi connectivity index (χ4n) is 3.78. The molecular formula is C25H34BrN5. The molecule has 31 heavy (non-hydrogen) atoms. The summed E-state index contributed by atoms with van der Waals surface area (Å²) in [7, 11) is 0. The lowest BCUT2D eigenvalue weighted by Crippen LogP contribution is -2.47. The molecule has 166 valence electrons. The summed E-state index contributed by atoms with van der Waals surface area (Å²) in [5.74, 6) is 2.57. The molecule has 6 heteroatoms. The van der Waals surface area contributed by atoms with Gasteiger partial charge in [0.05, 0.1) is 11.2 Å². The van der Waals surface area contributed by atoms with E-state index in [1.165, 1.54) is 18.5 Å². The van der Waals surface area contributed by atoms with Crippen LogP contribution in [0.4, 0.5) is 17.2 Å². The second-order valence-electron chi connectivity index (χ2n) is 7.38. The Morgan fingerprint density at radius 3 is 2.16 bits per heavy atom. The quantitative estimate of drug-likeness (QED) is 0.447. The molecule has 2 fully saturated rings. The van der Waals surface area contributed by atoms with E-state index in [-0.39, 0.29) is 0 Å². The molecule has 0 amide bonds. The number of hydrogen-bond donors (Lipinski definition) is 1. The molecule has 3 aromatic rings. The van der Waals surface area contributed by atoms with Gasteiger partial charge in [-0.15, -0.1) is 0 Å². The molecule has 0 unspecified atom stereocenters. The normalized spacial score (nSPS) is 15.6. The molecule has 2 aromatic carbocycles. The second-order valence-corrected chi connectivity index (χ2v) is 8.24. The summed E-state index contributed by atoms with van der Waals surface area (Å²) in [6.07, 6.45) is 2.41. The van der Waals surface area contributed by atoms with Crippen LogP contribution in [0.25, 0.3) is 10.9 Å². The number of nitrogens with zero attached hydrogens (tertiary/aromatic N) is 4. The summed E-state index contributed by atoms with van der Waals surface area (Å²) < 4.78 is 1.15. The third kappa shape index (κ3) is 5.29. The lowest BCUT2D eigenvalue weighted by Gasteiger charge is -2.37. The van der Waals surface area contributed by atoms with Crippen LogP contribution in [0.3, 0.4) is 0 Å². The molecule has 1 aliphatic heterocycles. The third-order valence-electron chi connectivity index (χ3n) is 5.43. The fraction of sp³-hybridized carbons (Fsp3) is 0.440. The number of benzene rings is 2. The molecule has 5 rings (SSSR count). The summed E-state index contributed by atoms with van der Waals surface area (Å²) in [5, 5.41) is 1.06. The van der Waals surface area contributed by atoms with Gasteiger partial charge in [-0.2, -0.15) is 0 Å². The van der Waals surface area contributed by atoms with Gasteiger partial charge < -0.3 is 15.5 Å². The maximum Gasteiger partial charge on any atom is 0.140 e. The van der Waals surface area contributed by atoms with Crippen LogP contribution in [0, 0.1) is 0 Å². The van der Waals surface area contributed by atoms with Crippen molar-refractivity contribution in [2.24, 2.45) is 0 Å². The highest BCUT2D eigenvalue weighted by Gasteiger charge is 2.29. The van der Waals surface area contributed by atoms with Crippen molar-refractivity contribution in [1.29, 1.82) is 0 Å². The first-order valence-corrected chi connectivity index (χ1v) is 12.3. The highest BCUT2D eigenvalue weighted by molar-refractivity contribution is 9.10. The summed E-state index contributed by atoms with van der Waals surface area (Å²) in [4.78, 5) is 14.6. The van der Waals surface area contributed by atoms with Crippen molar-refractivity contribution in [2.45, 2.75) is 46.5 Å². The van der Waals surface area contributed by atoms with E-state index in [0.717, 1.165) is 58.9 Å². The van der Waals surface area contributed by atoms with Crippen molar-refractivity contribution in [3.63, 3.8) is 0 Å². The number of anilines is 3. The van der Waals surface area contributed by atoms with Crippen molar-refractivity contribution in [3.8, 4) is 0 Å². The maximum atomic E-state index is 6.06. The van der Waals surface area contributed by atoms with Gasteiger partial charge in [-0.1, -0.05) is 39.8 Å². The summed E-state index contributed by atoms with van der Waals surface area (Å²) in [6.45, 7) is 11.8. The van der Waals surface area contributed by atoms with E-state index in [1.54, 1.807) is 0 Å². The van der Waals surface area contributed by atoms with Crippen LogP contribution in [0.15, 0.2) is 46.9 Å². The molecule has 2 N–H and O–H groups in total. The van der Waals surface area contributed by atoms with E-state index in [2.05, 4.69) is 50.0 Å². The monoisotopic (exact) mass is 483 g/mol. The Hall–Kier alpha value is -2.34. The van der Waals surface area contributed by atoms with Gasteiger partial charge in [0.1, 0.15) is 11.6 Å². The summed E-state index contributed by atoms with van der Waals surface area (Å²) >= 11 is 3.67. The van der Waals surface area contributed by atoms with Gasteiger partial charge >= 0.3 is 0 Å². The van der Waals surface area contributed by atoms with Crippen LogP contribution in [-0.2, 0) is 0 Å². The highest BCUT2D eigenvalue weighted by atomic mass is 79.9. The Balaban J connectivity index is 0.000000645. The first-order chi connectivity index (χ1) is 15.2. The second kappa shape index (κ2) is 10.8. The average Bonchev–Trinajstić information content (AvgIpc) is 3.67. The number of fused-ring (bicyclic) bond motifs is 1. The molecule has 2 heterocycles. The van der Waals surface area contributed by atoms with Gasteiger partial charge in [0.2, 0.25) is 0 Å². The minimum absolute atomic E-state index is 0.535. The number of halogens is 1. The number of nitrogens with two attached hydrogens (primary N) is 1. The van der Waals surface area contributed by atoms with Crippen LogP contribution in [0.1, 0.15) is 52.3 Å². The summed E-state index contributed by atoms with van der Waals surface area (Å²) in [5.41, 5.74) is 9.08. The molecule has 5 nitrogen and oxygen atoms in total. The van der Waals surface area contributed by atoms with Crippen molar-refractivity contribution in [2.75, 3.05) is 41.7 Å². The minimum Gasteiger partial charge on any atom is -0.399 e. The van der Waals surface area contributed by atoms with Gasteiger partial charge in [0.25, 0.3) is 0 Å². The van der Waals surface area contributed by atoms with Crippen molar-refractivity contribution in [3.05, 3.63) is 52.8 Å². The lowest BCUT2D eigenvalue weighted by atomic mass is 10.1. The first-order valence-electron chi connectivity index (χ1n) is 11.5. The van der Waals surface area contributed by atoms with E-state index in [4.69, 9.17) is 15.7 Å². The topological polar surface area (TPSA) is 58.3 Å². The number of para-hydroxylation sites is 1. The van der Waals surface area contributed by atoms with Crippen LogP contribution in [0.2, 0.25) is 0 Å². The molecular weight excluding hydrogens is 450 g/mol. The SMILES string of the molecule is CC.CC.Nc1ccc2nc(C3CC3)nc(N3CCN(c4ccccc4Br)CC3)c2c1. The third-order valence-corrected chi connectivity index (χ3v) is 6.10. The highest BCUT2D eigenvalue weighted by Crippen LogP contribution is 2.40. The van der Waals surface area contributed by atoms with E-state index in [0.29, 0.717) is 5.92 Å². The minimum atomic E-state index is 0.535. The molecule has 1 aromatic heterocycles. The predicted molar refractivity (Wildman–Crippen MR) is 137 cm³/mol. The Morgan fingerprint density at radius 1 is 0.871 bits per heavy atom. The number of piperazine rings is 1. The van der Waals surface area contributed by atoms with E-state index in [9.17, 15) is 0 Å². The standard InChI is InChI=1S/C21H22BrN5.2C2H6/c22-17-3-1-2-4-19(17)26-9-11-27(12-10-26)21-16-13-15(23)7-8-18(16)24-20(25-21)14-5-6-14;2*1-2/h1-4,7-8,13-14H,5-6,9-12,23H2;2*1-2H3. The van der Waals surface area contributed by atoms with E-state index >= 15 is 0 Å².